The van der Waals surface area contributed by atoms with Gasteiger partial charge >= 0.3 is 0 Å². The number of imidazole rings is 1. The summed E-state index contributed by atoms with van der Waals surface area (Å²) in [6.07, 6.45) is -0.818. The fourth-order valence-corrected chi connectivity index (χ4v) is 5.65. The molecule has 1 aliphatic rings. The summed E-state index contributed by atoms with van der Waals surface area (Å²) in [7, 11) is -4.36. The Balaban J connectivity index is 1.98. The maximum Gasteiger partial charge on any atom is 0.223 e. The van der Waals surface area contributed by atoms with Gasteiger partial charge in [0, 0.05) is 0 Å². The van der Waals surface area contributed by atoms with Crippen LogP contribution < -0.4 is 5.73 Å². The largest absolute Gasteiger partial charge is 0.414 e. The van der Waals surface area contributed by atoms with E-state index in [2.05, 4.69) is 82.7 Å². The first kappa shape index (κ1) is 27.2. The predicted octanol–water partition coefficient (Wildman–Crippen LogP) is 4.94. The van der Waals surface area contributed by atoms with Crippen molar-refractivity contribution < 1.29 is 18.4 Å². The summed E-state index contributed by atoms with van der Waals surface area (Å²) in [6.45, 7) is 21.8. The van der Waals surface area contributed by atoms with Crippen molar-refractivity contribution in [2.24, 2.45) is 0 Å². The standard InChI is InChI=1S/C22H38ClN5O4Si2/c1-21(2,3)33(7,8)30-11-13-16(32-34(9,10)22(4,5)6)15(29)19(31-13)28-12-25-14-17(23)26-20(24)27-18(14)28/h12-13,16,19H,11H2,1-10H3,(H2,24,26,27)/t13-,16-,19-/m1/s1. The Labute approximate surface area is 209 Å². The topological polar surface area (TPSA) is 114 Å². The SMILES string of the molecule is CC(C)(C)[Si](C)(C)OC[C@H]1O[C@@H](n2cnc3c(Cl)nc(N)nc32)C(=O)[C@@H]1O[Si](C)(C)C(C)(C)C. The second-order valence-electron chi connectivity index (χ2n) is 12.0. The number of nitrogens with two attached hydrogens (primary N) is 1. The Morgan fingerprint density at radius 3 is 2.24 bits per heavy atom. The van der Waals surface area contributed by atoms with Gasteiger partial charge in [-0.3, -0.25) is 9.36 Å². The third-order valence-electron chi connectivity index (χ3n) is 7.46. The molecule has 3 atom stereocenters. The van der Waals surface area contributed by atoms with Gasteiger partial charge in [0.05, 0.1) is 12.9 Å². The number of carbonyl (C=O) groups is 1. The highest BCUT2D eigenvalue weighted by atomic mass is 35.5. The van der Waals surface area contributed by atoms with Gasteiger partial charge in [0.2, 0.25) is 11.7 Å². The molecule has 1 aliphatic heterocycles. The number of rotatable bonds is 6. The van der Waals surface area contributed by atoms with Crippen LogP contribution in [-0.2, 0) is 18.4 Å². The van der Waals surface area contributed by atoms with Crippen LogP contribution >= 0.6 is 11.6 Å². The van der Waals surface area contributed by atoms with E-state index < -0.39 is 35.1 Å². The molecule has 9 nitrogen and oxygen atoms in total. The Hall–Kier alpha value is -1.38. The van der Waals surface area contributed by atoms with Crippen molar-refractivity contribution in [3.63, 3.8) is 0 Å². The fourth-order valence-electron chi connectivity index (χ4n) is 3.16. The minimum absolute atomic E-state index is 0.00317. The molecule has 0 unspecified atom stereocenters. The molecule has 0 amide bonds. The van der Waals surface area contributed by atoms with E-state index in [0.29, 0.717) is 11.2 Å². The lowest BCUT2D eigenvalue weighted by Crippen LogP contribution is -2.50. The highest BCUT2D eigenvalue weighted by molar-refractivity contribution is 6.74. The Morgan fingerprint density at radius 2 is 1.68 bits per heavy atom. The van der Waals surface area contributed by atoms with Crippen LogP contribution in [0.25, 0.3) is 11.2 Å². The molecule has 1 saturated heterocycles. The van der Waals surface area contributed by atoms with Crippen LogP contribution in [0.4, 0.5) is 5.95 Å². The average Bonchev–Trinajstić information content (AvgIpc) is 3.20. The Morgan fingerprint density at radius 1 is 1.09 bits per heavy atom. The van der Waals surface area contributed by atoms with Crippen molar-refractivity contribution in [3.8, 4) is 0 Å². The third-order valence-corrected chi connectivity index (χ3v) is 16.7. The van der Waals surface area contributed by atoms with Gasteiger partial charge in [-0.1, -0.05) is 53.1 Å². The number of halogens is 1. The maximum absolute atomic E-state index is 13.7. The highest BCUT2D eigenvalue weighted by Crippen LogP contribution is 2.42. The summed E-state index contributed by atoms with van der Waals surface area (Å²) < 4.78 is 20.9. The van der Waals surface area contributed by atoms with Crippen molar-refractivity contribution >= 4 is 51.1 Å². The van der Waals surface area contributed by atoms with Gasteiger partial charge in [-0.15, -0.1) is 0 Å². The van der Waals surface area contributed by atoms with Crippen molar-refractivity contribution in [2.45, 2.75) is 96.2 Å². The Kier molecular flexibility index (Phi) is 7.15. The lowest BCUT2D eigenvalue weighted by atomic mass is 10.1. The van der Waals surface area contributed by atoms with Gasteiger partial charge in [-0.25, -0.2) is 4.98 Å². The smallest absolute Gasteiger partial charge is 0.223 e. The van der Waals surface area contributed by atoms with Crippen molar-refractivity contribution in [1.82, 2.24) is 19.5 Å². The van der Waals surface area contributed by atoms with Crippen molar-refractivity contribution in [1.29, 1.82) is 0 Å². The first-order chi connectivity index (χ1) is 15.4. The molecule has 0 radical (unpaired) electrons. The molecule has 0 aromatic carbocycles. The molecule has 34 heavy (non-hydrogen) atoms. The number of nitrogens with zero attached hydrogens (tertiary/aromatic N) is 4. The minimum Gasteiger partial charge on any atom is -0.414 e. The first-order valence-electron chi connectivity index (χ1n) is 11.5. The molecule has 0 aliphatic carbocycles. The highest BCUT2D eigenvalue weighted by Gasteiger charge is 2.51. The number of ketones is 1. The van der Waals surface area contributed by atoms with Crippen LogP contribution in [0.2, 0.25) is 41.4 Å². The fraction of sp³-hybridized carbons (Fsp3) is 0.727. The van der Waals surface area contributed by atoms with Gasteiger partial charge in [0.1, 0.15) is 17.7 Å². The van der Waals surface area contributed by atoms with Crippen LogP contribution in [-0.4, -0.2) is 60.8 Å². The summed E-state index contributed by atoms with van der Waals surface area (Å²) in [5.41, 5.74) is 6.50. The van der Waals surface area contributed by atoms with Gasteiger partial charge in [0.15, 0.2) is 33.7 Å². The van der Waals surface area contributed by atoms with Gasteiger partial charge < -0.3 is 19.3 Å². The Bertz CT molecular complexity index is 1080. The number of hydrogen-bond donors (Lipinski definition) is 1. The van der Waals surface area contributed by atoms with E-state index in [-0.39, 0.29) is 33.6 Å². The number of anilines is 1. The first-order valence-corrected chi connectivity index (χ1v) is 17.7. The van der Waals surface area contributed by atoms with E-state index >= 15 is 0 Å². The number of aromatic nitrogens is 4. The molecule has 2 aromatic heterocycles. The zero-order valence-electron chi connectivity index (χ0n) is 21.9. The van der Waals surface area contributed by atoms with Crippen LogP contribution in [0, 0.1) is 0 Å². The minimum atomic E-state index is -2.29. The molecule has 0 spiro atoms. The molecular weight excluding hydrogens is 490 g/mol. The van der Waals surface area contributed by atoms with E-state index in [1.165, 1.54) is 6.33 Å². The number of ether oxygens (including phenoxy) is 1. The van der Waals surface area contributed by atoms with Crippen LogP contribution in [0.15, 0.2) is 6.33 Å². The maximum atomic E-state index is 13.7. The molecule has 12 heteroatoms. The molecular formula is C22H38ClN5O4Si2. The molecule has 190 valence electrons. The molecule has 0 saturated carbocycles. The van der Waals surface area contributed by atoms with Gasteiger partial charge in [-0.2, -0.15) is 9.97 Å². The van der Waals surface area contributed by atoms with E-state index in [9.17, 15) is 4.79 Å². The lowest BCUT2D eigenvalue weighted by Gasteiger charge is -2.40. The third kappa shape index (κ3) is 5.10. The van der Waals surface area contributed by atoms with Gasteiger partial charge in [0.25, 0.3) is 0 Å². The number of Topliss-reactive ketones (excluding diaryl/α,β-unsaturated/α-hetero) is 1. The van der Waals surface area contributed by atoms with E-state index in [1.54, 1.807) is 4.57 Å². The molecule has 2 aromatic rings. The van der Waals surface area contributed by atoms with E-state index in [0.717, 1.165) is 0 Å². The van der Waals surface area contributed by atoms with E-state index in [4.69, 9.17) is 30.9 Å². The predicted molar refractivity (Wildman–Crippen MR) is 139 cm³/mol. The summed E-state index contributed by atoms with van der Waals surface area (Å²) in [6, 6.07) is 0. The summed E-state index contributed by atoms with van der Waals surface area (Å²) in [5, 5.41) is 0.0718. The second-order valence-corrected chi connectivity index (χ2v) is 21.9. The zero-order chi connectivity index (χ0) is 25.9. The number of fused-ring (bicyclic) bond motifs is 1. The molecule has 2 N–H and O–H groups in total. The quantitative estimate of drug-likeness (QED) is 0.415. The number of carbonyl (C=O) groups excluding carboxylic acids is 1. The summed E-state index contributed by atoms with van der Waals surface area (Å²) in [4.78, 5) is 26.2. The number of hydrogen-bond acceptors (Lipinski definition) is 8. The second kappa shape index (κ2) is 8.93. The van der Waals surface area contributed by atoms with Crippen LogP contribution in [0.5, 0.6) is 0 Å². The normalized spacial score (nSPS) is 22.7. The summed E-state index contributed by atoms with van der Waals surface area (Å²) >= 11 is 6.19. The average molecular weight is 528 g/mol. The molecule has 3 rings (SSSR count). The van der Waals surface area contributed by atoms with Crippen molar-refractivity contribution in [3.05, 3.63) is 11.5 Å². The molecule has 3 heterocycles. The summed E-state index contributed by atoms with van der Waals surface area (Å²) in [5.74, 6) is -0.196. The van der Waals surface area contributed by atoms with Crippen molar-refractivity contribution in [2.75, 3.05) is 12.3 Å². The lowest BCUT2D eigenvalue weighted by molar-refractivity contribution is -0.129. The molecule has 0 bridgehead atoms. The monoisotopic (exact) mass is 527 g/mol. The van der Waals surface area contributed by atoms with Crippen LogP contribution in [0.3, 0.4) is 0 Å². The van der Waals surface area contributed by atoms with Crippen LogP contribution in [0.1, 0.15) is 47.8 Å². The van der Waals surface area contributed by atoms with E-state index in [1.807, 2.05) is 0 Å². The molecule has 1 fully saturated rings. The van der Waals surface area contributed by atoms with Gasteiger partial charge in [-0.05, 0) is 36.3 Å². The number of nitrogen functional groups attached to an aromatic ring is 1. The zero-order valence-corrected chi connectivity index (χ0v) is 24.6.